The molecule has 0 aromatic heterocycles. The molecule has 19 heavy (non-hydrogen) atoms. The fourth-order valence-corrected chi connectivity index (χ4v) is 1.75. The molecular formula is C15H15F2NO. The van der Waals surface area contributed by atoms with Crippen molar-refractivity contribution in [1.82, 2.24) is 5.32 Å². The van der Waals surface area contributed by atoms with Crippen molar-refractivity contribution in [3.8, 4) is 11.5 Å². The van der Waals surface area contributed by atoms with E-state index in [0.29, 0.717) is 17.7 Å². The zero-order valence-corrected chi connectivity index (χ0v) is 10.8. The van der Waals surface area contributed by atoms with Crippen molar-refractivity contribution < 1.29 is 13.5 Å². The average molecular weight is 263 g/mol. The standard InChI is InChI=1S/C15H15F2NO/c1-10-6-7-12(8-14(10)17)19-15-11(9-18-2)4-3-5-13(15)16/h3-8,18H,9H2,1-2H3. The van der Waals surface area contributed by atoms with Gasteiger partial charge in [0.15, 0.2) is 11.6 Å². The number of ether oxygens (including phenoxy) is 1. The number of nitrogens with one attached hydrogen (secondary N) is 1. The zero-order chi connectivity index (χ0) is 13.8. The van der Waals surface area contributed by atoms with Crippen molar-refractivity contribution in [2.45, 2.75) is 13.5 Å². The smallest absolute Gasteiger partial charge is 0.167 e. The van der Waals surface area contributed by atoms with Crippen LogP contribution >= 0.6 is 0 Å². The minimum atomic E-state index is -0.464. The topological polar surface area (TPSA) is 21.3 Å². The minimum Gasteiger partial charge on any atom is -0.454 e. The molecule has 2 rings (SSSR count). The lowest BCUT2D eigenvalue weighted by atomic mass is 10.2. The molecule has 100 valence electrons. The van der Waals surface area contributed by atoms with E-state index < -0.39 is 5.82 Å². The quantitative estimate of drug-likeness (QED) is 0.906. The van der Waals surface area contributed by atoms with Crippen molar-refractivity contribution in [3.63, 3.8) is 0 Å². The van der Waals surface area contributed by atoms with E-state index in [-0.39, 0.29) is 17.3 Å². The lowest BCUT2D eigenvalue weighted by molar-refractivity contribution is 0.431. The van der Waals surface area contributed by atoms with Gasteiger partial charge in [-0.2, -0.15) is 0 Å². The Hall–Kier alpha value is -1.94. The van der Waals surface area contributed by atoms with Crippen LogP contribution in [0, 0.1) is 18.6 Å². The zero-order valence-electron chi connectivity index (χ0n) is 10.8. The van der Waals surface area contributed by atoms with E-state index in [9.17, 15) is 8.78 Å². The summed E-state index contributed by atoms with van der Waals surface area (Å²) in [5, 5.41) is 2.94. The number of hydrogen-bond acceptors (Lipinski definition) is 2. The second-order valence-electron chi connectivity index (χ2n) is 4.27. The number of rotatable bonds is 4. The van der Waals surface area contributed by atoms with Gasteiger partial charge < -0.3 is 10.1 Å². The molecular weight excluding hydrogens is 248 g/mol. The second kappa shape index (κ2) is 5.80. The summed E-state index contributed by atoms with van der Waals surface area (Å²) in [6.45, 7) is 2.14. The number of benzene rings is 2. The Morgan fingerprint density at radius 2 is 1.89 bits per heavy atom. The van der Waals surface area contributed by atoms with E-state index in [0.717, 1.165) is 0 Å². The van der Waals surface area contributed by atoms with E-state index in [1.54, 1.807) is 38.2 Å². The molecule has 0 bridgehead atoms. The summed E-state index contributed by atoms with van der Waals surface area (Å²) in [6, 6.07) is 9.17. The van der Waals surface area contributed by atoms with E-state index in [2.05, 4.69) is 5.32 Å². The predicted molar refractivity (Wildman–Crippen MR) is 70.4 cm³/mol. The summed E-state index contributed by atoms with van der Waals surface area (Å²) in [7, 11) is 1.76. The van der Waals surface area contributed by atoms with Gasteiger partial charge in [0.25, 0.3) is 0 Å². The van der Waals surface area contributed by atoms with Gasteiger partial charge in [0, 0.05) is 18.2 Å². The maximum absolute atomic E-state index is 13.8. The molecule has 0 heterocycles. The first-order chi connectivity index (χ1) is 9.11. The number of halogens is 2. The van der Waals surface area contributed by atoms with Gasteiger partial charge in [-0.25, -0.2) is 8.78 Å². The molecule has 0 saturated carbocycles. The highest BCUT2D eigenvalue weighted by Gasteiger charge is 2.11. The van der Waals surface area contributed by atoms with Crippen molar-refractivity contribution in [3.05, 3.63) is 59.2 Å². The number of aryl methyl sites for hydroxylation is 1. The van der Waals surface area contributed by atoms with E-state index >= 15 is 0 Å². The highest BCUT2D eigenvalue weighted by atomic mass is 19.1. The van der Waals surface area contributed by atoms with Gasteiger partial charge in [0.05, 0.1) is 0 Å². The highest BCUT2D eigenvalue weighted by molar-refractivity contribution is 5.39. The van der Waals surface area contributed by atoms with Crippen molar-refractivity contribution in [2.75, 3.05) is 7.05 Å². The summed E-state index contributed by atoms with van der Waals surface area (Å²) in [4.78, 5) is 0. The van der Waals surface area contributed by atoms with E-state index in [1.165, 1.54) is 12.1 Å². The third-order valence-electron chi connectivity index (χ3n) is 2.78. The molecule has 1 N–H and O–H groups in total. The summed E-state index contributed by atoms with van der Waals surface area (Å²) < 4.78 is 32.7. The third kappa shape index (κ3) is 3.09. The molecule has 0 amide bonds. The Labute approximate surface area is 111 Å². The fraction of sp³-hybridized carbons (Fsp3) is 0.200. The normalized spacial score (nSPS) is 10.5. The summed E-state index contributed by atoms with van der Waals surface area (Å²) in [5.74, 6) is -0.427. The number of para-hydroxylation sites is 1. The van der Waals surface area contributed by atoms with Crippen LogP contribution < -0.4 is 10.1 Å². The molecule has 0 aliphatic heterocycles. The molecule has 0 atom stereocenters. The van der Waals surface area contributed by atoms with Gasteiger partial charge in [-0.1, -0.05) is 18.2 Å². The Morgan fingerprint density at radius 1 is 1.11 bits per heavy atom. The molecule has 4 heteroatoms. The highest BCUT2D eigenvalue weighted by Crippen LogP contribution is 2.29. The molecule has 2 aromatic rings. The maximum atomic E-state index is 13.8. The molecule has 0 saturated heterocycles. The van der Waals surface area contributed by atoms with Crippen LogP contribution in [-0.4, -0.2) is 7.05 Å². The Morgan fingerprint density at radius 3 is 2.58 bits per heavy atom. The summed E-state index contributed by atoms with van der Waals surface area (Å²) in [5.41, 5.74) is 1.21. The Kier molecular flexibility index (Phi) is 4.12. The Bertz CT molecular complexity index is 584. The lowest BCUT2D eigenvalue weighted by Crippen LogP contribution is -2.07. The molecule has 0 radical (unpaired) electrons. The van der Waals surface area contributed by atoms with Crippen LogP contribution in [0.4, 0.5) is 8.78 Å². The van der Waals surface area contributed by atoms with Gasteiger partial charge in [-0.05, 0) is 31.7 Å². The second-order valence-corrected chi connectivity index (χ2v) is 4.27. The molecule has 0 aliphatic rings. The van der Waals surface area contributed by atoms with Crippen molar-refractivity contribution >= 4 is 0 Å². The first-order valence-electron chi connectivity index (χ1n) is 5.98. The van der Waals surface area contributed by atoms with E-state index in [1.807, 2.05) is 0 Å². The van der Waals surface area contributed by atoms with Gasteiger partial charge in [0.2, 0.25) is 0 Å². The van der Waals surface area contributed by atoms with Crippen LogP contribution in [-0.2, 0) is 6.54 Å². The average Bonchev–Trinajstić information content (AvgIpc) is 2.38. The van der Waals surface area contributed by atoms with Crippen molar-refractivity contribution in [2.24, 2.45) is 0 Å². The minimum absolute atomic E-state index is 0.125. The van der Waals surface area contributed by atoms with Crippen LogP contribution in [0.1, 0.15) is 11.1 Å². The van der Waals surface area contributed by atoms with Crippen LogP contribution in [0.5, 0.6) is 11.5 Å². The van der Waals surface area contributed by atoms with Gasteiger partial charge in [-0.3, -0.25) is 0 Å². The molecule has 2 nitrogen and oxygen atoms in total. The van der Waals surface area contributed by atoms with Gasteiger partial charge >= 0.3 is 0 Å². The van der Waals surface area contributed by atoms with Crippen molar-refractivity contribution in [1.29, 1.82) is 0 Å². The van der Waals surface area contributed by atoms with E-state index in [4.69, 9.17) is 4.74 Å². The molecule has 0 fully saturated rings. The maximum Gasteiger partial charge on any atom is 0.167 e. The lowest BCUT2D eigenvalue weighted by Gasteiger charge is -2.12. The SMILES string of the molecule is CNCc1cccc(F)c1Oc1ccc(C)c(F)c1. The molecule has 2 aromatic carbocycles. The fourth-order valence-electron chi connectivity index (χ4n) is 1.75. The Balaban J connectivity index is 2.34. The van der Waals surface area contributed by atoms with Gasteiger partial charge in [-0.15, -0.1) is 0 Å². The first kappa shape index (κ1) is 13.5. The van der Waals surface area contributed by atoms with Crippen LogP contribution in [0.2, 0.25) is 0 Å². The largest absolute Gasteiger partial charge is 0.454 e. The number of hydrogen-bond donors (Lipinski definition) is 1. The predicted octanol–water partition coefficient (Wildman–Crippen LogP) is 3.78. The summed E-state index contributed by atoms with van der Waals surface area (Å²) in [6.07, 6.45) is 0. The third-order valence-corrected chi connectivity index (χ3v) is 2.78. The molecule has 0 spiro atoms. The first-order valence-corrected chi connectivity index (χ1v) is 5.98. The summed E-state index contributed by atoms with van der Waals surface area (Å²) >= 11 is 0. The van der Waals surface area contributed by atoms with Crippen LogP contribution in [0.15, 0.2) is 36.4 Å². The van der Waals surface area contributed by atoms with Crippen LogP contribution in [0.25, 0.3) is 0 Å². The monoisotopic (exact) mass is 263 g/mol. The molecule has 0 aliphatic carbocycles. The molecule has 0 unspecified atom stereocenters. The van der Waals surface area contributed by atoms with Crippen LogP contribution in [0.3, 0.4) is 0 Å². The van der Waals surface area contributed by atoms with Gasteiger partial charge in [0.1, 0.15) is 11.6 Å².